The molecule has 2 amide bonds. The number of nitrogens with one attached hydrogen (secondary N) is 3. The first-order valence-electron chi connectivity index (χ1n) is 13.5. The number of halogens is 3. The number of hydrogen-bond acceptors (Lipinski definition) is 6. The molecule has 4 rings (SSSR count). The molecule has 0 bridgehead atoms. The fourth-order valence-electron chi connectivity index (χ4n) is 4.22. The summed E-state index contributed by atoms with van der Waals surface area (Å²) in [5.74, 6) is -2.76. The predicted molar refractivity (Wildman–Crippen MR) is 164 cm³/mol. The van der Waals surface area contributed by atoms with Crippen LogP contribution in [-0.4, -0.2) is 53.5 Å². The molecular weight excluding hydrogens is 615 g/mol. The van der Waals surface area contributed by atoms with Gasteiger partial charge in [-0.15, -0.1) is 0 Å². The highest BCUT2D eigenvalue weighted by Crippen LogP contribution is 2.24. The standard InChI is InChI=1S/C28H33N5O4S.C2HF3O2/c1-28(2,14-16-33-15-13-20-17-22(31-27(29)35)11-12-25(20)33)30-19-26(34)21-7-6-8-23(18-21)32-38(36,37)24-9-4-3-5-10-24;3-2(4,5)1(6)7/h3-13,15,17-18,26,30,32,34H,14,16,19H2,1-2H3,(H3,29,31,35);(H,6,7)/t26-;/m0./s1. The number of nitrogens with two attached hydrogens (primary N) is 1. The molecule has 1 atom stereocenters. The molecule has 45 heavy (non-hydrogen) atoms. The fourth-order valence-corrected chi connectivity index (χ4v) is 5.29. The highest BCUT2D eigenvalue weighted by Gasteiger charge is 2.38. The largest absolute Gasteiger partial charge is 0.490 e. The van der Waals surface area contributed by atoms with Crippen molar-refractivity contribution in [3.63, 3.8) is 0 Å². The zero-order valence-electron chi connectivity index (χ0n) is 24.4. The minimum absolute atomic E-state index is 0.174. The molecule has 1 aromatic heterocycles. The van der Waals surface area contributed by atoms with E-state index in [9.17, 15) is 31.5 Å². The Balaban J connectivity index is 0.000000707. The van der Waals surface area contributed by atoms with E-state index in [1.165, 1.54) is 12.1 Å². The van der Waals surface area contributed by atoms with E-state index in [0.717, 1.165) is 23.9 Å². The molecule has 242 valence electrons. The van der Waals surface area contributed by atoms with Gasteiger partial charge in [0.15, 0.2) is 0 Å². The molecule has 11 nitrogen and oxygen atoms in total. The van der Waals surface area contributed by atoms with Crippen molar-refractivity contribution in [2.24, 2.45) is 5.73 Å². The SMILES string of the molecule is CC(C)(CCn1ccc2cc(NC(N)=O)ccc21)NC[C@H](O)c1cccc(NS(=O)(=O)c2ccccc2)c1.O=C(O)C(F)(F)F. The van der Waals surface area contributed by atoms with Crippen LogP contribution in [0, 0.1) is 0 Å². The first kappa shape index (κ1) is 34.9. The second kappa shape index (κ2) is 14.5. The van der Waals surface area contributed by atoms with Gasteiger partial charge in [0.2, 0.25) is 0 Å². The van der Waals surface area contributed by atoms with Crippen molar-refractivity contribution in [1.82, 2.24) is 9.88 Å². The van der Waals surface area contributed by atoms with Crippen LogP contribution in [0.3, 0.4) is 0 Å². The molecule has 0 aliphatic heterocycles. The topological polar surface area (TPSA) is 176 Å². The molecule has 0 unspecified atom stereocenters. The summed E-state index contributed by atoms with van der Waals surface area (Å²) in [6.45, 7) is 5.20. The molecule has 1 heterocycles. The van der Waals surface area contributed by atoms with Crippen molar-refractivity contribution < 1.29 is 41.4 Å². The first-order valence-corrected chi connectivity index (χ1v) is 15.0. The number of aliphatic carboxylic acids is 1. The van der Waals surface area contributed by atoms with Gasteiger partial charge in [-0.3, -0.25) is 4.72 Å². The molecule has 0 aliphatic carbocycles. The number of rotatable bonds is 11. The number of primary amides is 1. The number of aryl methyl sites for hydroxylation is 1. The van der Waals surface area contributed by atoms with E-state index in [1.54, 1.807) is 42.5 Å². The molecule has 0 saturated heterocycles. The molecule has 0 spiro atoms. The van der Waals surface area contributed by atoms with Gasteiger partial charge in [-0.2, -0.15) is 13.2 Å². The van der Waals surface area contributed by atoms with Crippen molar-refractivity contribution in [3.05, 3.63) is 90.6 Å². The minimum Gasteiger partial charge on any atom is -0.475 e. The first-order chi connectivity index (χ1) is 21.0. The highest BCUT2D eigenvalue weighted by atomic mass is 32.2. The van der Waals surface area contributed by atoms with Crippen LogP contribution in [0.1, 0.15) is 31.9 Å². The van der Waals surface area contributed by atoms with Crippen molar-refractivity contribution in [2.75, 3.05) is 16.6 Å². The number of aliphatic hydroxyl groups is 1. The van der Waals surface area contributed by atoms with Gasteiger partial charge in [-0.05, 0) is 74.4 Å². The number of carboxylic acid groups (broad SMARTS) is 1. The summed E-state index contributed by atoms with van der Waals surface area (Å²) in [7, 11) is -3.72. The highest BCUT2D eigenvalue weighted by molar-refractivity contribution is 7.92. The Kier molecular flexibility index (Phi) is 11.2. The van der Waals surface area contributed by atoms with Gasteiger partial charge >= 0.3 is 18.2 Å². The van der Waals surface area contributed by atoms with Crippen LogP contribution in [0.5, 0.6) is 0 Å². The monoisotopic (exact) mass is 649 g/mol. The number of amides is 2. The number of hydrogen-bond donors (Lipinski definition) is 6. The number of carbonyl (C=O) groups excluding carboxylic acids is 1. The van der Waals surface area contributed by atoms with Gasteiger partial charge in [0.1, 0.15) is 0 Å². The quantitative estimate of drug-likeness (QED) is 0.132. The Bertz CT molecular complexity index is 1730. The normalized spacial score (nSPS) is 12.6. The third-order valence-corrected chi connectivity index (χ3v) is 8.01. The third-order valence-electron chi connectivity index (χ3n) is 6.61. The Morgan fingerprint density at radius 2 is 1.62 bits per heavy atom. The number of β-amino-alcohol motifs (C(OH)–C–C–N with tert-alkyl or cyclic N) is 1. The Morgan fingerprint density at radius 3 is 2.24 bits per heavy atom. The number of aromatic nitrogens is 1. The van der Waals surface area contributed by atoms with Crippen LogP contribution < -0.4 is 21.1 Å². The summed E-state index contributed by atoms with van der Waals surface area (Å²) in [4.78, 5) is 20.2. The maximum Gasteiger partial charge on any atom is 0.490 e. The number of benzene rings is 3. The lowest BCUT2D eigenvalue weighted by molar-refractivity contribution is -0.192. The van der Waals surface area contributed by atoms with E-state index in [2.05, 4.69) is 33.8 Å². The Hall–Kier alpha value is -4.60. The number of carbonyl (C=O) groups is 2. The van der Waals surface area contributed by atoms with E-state index < -0.39 is 34.3 Å². The lowest BCUT2D eigenvalue weighted by atomic mass is 9.99. The lowest BCUT2D eigenvalue weighted by Crippen LogP contribution is -2.42. The van der Waals surface area contributed by atoms with Gasteiger partial charge in [0.25, 0.3) is 10.0 Å². The number of anilines is 2. The molecule has 7 N–H and O–H groups in total. The second-order valence-corrected chi connectivity index (χ2v) is 12.3. The molecule has 0 radical (unpaired) electrons. The molecule has 15 heteroatoms. The van der Waals surface area contributed by atoms with Gasteiger partial charge in [0, 0.05) is 47.1 Å². The number of carboxylic acids is 1. The summed E-state index contributed by atoms with van der Waals surface area (Å²) in [5.41, 5.74) is 7.61. The van der Waals surface area contributed by atoms with E-state index in [0.29, 0.717) is 23.5 Å². The average Bonchev–Trinajstić information content (AvgIpc) is 3.37. The van der Waals surface area contributed by atoms with Crippen LogP contribution >= 0.6 is 0 Å². The number of alkyl halides is 3. The lowest BCUT2D eigenvalue weighted by Gasteiger charge is -2.28. The molecule has 4 aromatic rings. The Labute approximate surface area is 257 Å². The van der Waals surface area contributed by atoms with Gasteiger partial charge < -0.3 is 31.1 Å². The van der Waals surface area contributed by atoms with Crippen LogP contribution in [-0.2, 0) is 21.4 Å². The van der Waals surface area contributed by atoms with Crippen LogP contribution in [0.25, 0.3) is 10.9 Å². The van der Waals surface area contributed by atoms with Crippen molar-refractivity contribution in [2.45, 2.75) is 49.5 Å². The number of urea groups is 1. The third kappa shape index (κ3) is 10.5. The maximum atomic E-state index is 12.6. The minimum atomic E-state index is -5.08. The van der Waals surface area contributed by atoms with Crippen LogP contribution in [0.4, 0.5) is 29.3 Å². The summed E-state index contributed by atoms with van der Waals surface area (Å²) >= 11 is 0. The zero-order valence-corrected chi connectivity index (χ0v) is 25.2. The number of aliphatic hydroxyl groups excluding tert-OH is 1. The molecular formula is C30H34F3N5O6S. The van der Waals surface area contributed by atoms with Crippen molar-refractivity contribution >= 4 is 44.3 Å². The summed E-state index contributed by atoms with van der Waals surface area (Å²) < 4.78 is 61.7. The number of fused-ring (bicyclic) bond motifs is 1. The van der Waals surface area contributed by atoms with Gasteiger partial charge in [-0.25, -0.2) is 18.0 Å². The van der Waals surface area contributed by atoms with Gasteiger partial charge in [-0.1, -0.05) is 30.3 Å². The molecule has 0 saturated carbocycles. The number of sulfonamides is 1. The smallest absolute Gasteiger partial charge is 0.475 e. The average molecular weight is 650 g/mol. The van der Waals surface area contributed by atoms with E-state index in [-0.39, 0.29) is 10.4 Å². The summed E-state index contributed by atoms with van der Waals surface area (Å²) in [5, 5.41) is 25.0. The Morgan fingerprint density at radius 1 is 0.956 bits per heavy atom. The summed E-state index contributed by atoms with van der Waals surface area (Å²) in [6.07, 6.45) is -3.10. The summed E-state index contributed by atoms with van der Waals surface area (Å²) in [6, 6.07) is 22.0. The van der Waals surface area contributed by atoms with Crippen LogP contribution in [0.2, 0.25) is 0 Å². The van der Waals surface area contributed by atoms with Crippen LogP contribution in [0.15, 0.2) is 90.0 Å². The van der Waals surface area contributed by atoms with E-state index >= 15 is 0 Å². The molecule has 0 aliphatic rings. The molecule has 0 fully saturated rings. The van der Waals surface area contributed by atoms with E-state index in [4.69, 9.17) is 15.6 Å². The zero-order chi connectivity index (χ0) is 33.4. The predicted octanol–water partition coefficient (Wildman–Crippen LogP) is 5.06. The maximum absolute atomic E-state index is 12.6. The van der Waals surface area contributed by atoms with Crippen molar-refractivity contribution in [1.29, 1.82) is 0 Å². The second-order valence-electron chi connectivity index (χ2n) is 10.6. The molecule has 3 aromatic carbocycles. The number of nitrogens with zero attached hydrogens (tertiary/aromatic N) is 1. The van der Waals surface area contributed by atoms with E-state index in [1.807, 2.05) is 30.5 Å². The van der Waals surface area contributed by atoms with Crippen molar-refractivity contribution in [3.8, 4) is 0 Å². The fraction of sp³-hybridized carbons (Fsp3) is 0.267. The van der Waals surface area contributed by atoms with Gasteiger partial charge in [0.05, 0.1) is 11.0 Å².